The van der Waals surface area contributed by atoms with Crippen LogP contribution in [0.4, 0.5) is 0 Å². The van der Waals surface area contributed by atoms with Crippen molar-refractivity contribution in [2.24, 2.45) is 0 Å². The van der Waals surface area contributed by atoms with E-state index in [-0.39, 0.29) is 0 Å². The molecule has 3 nitrogen and oxygen atoms in total. The van der Waals surface area contributed by atoms with Gasteiger partial charge in [0.2, 0.25) is 0 Å². The van der Waals surface area contributed by atoms with Gasteiger partial charge < -0.3 is 0 Å². The highest BCUT2D eigenvalue weighted by molar-refractivity contribution is 5.90. The monoisotopic (exact) mass is 613 g/mol. The van der Waals surface area contributed by atoms with E-state index in [9.17, 15) is 0 Å². The van der Waals surface area contributed by atoms with E-state index < -0.39 is 0 Å². The van der Waals surface area contributed by atoms with Crippen LogP contribution in [-0.2, 0) is 0 Å². The fourth-order valence-corrected chi connectivity index (χ4v) is 6.17. The van der Waals surface area contributed by atoms with E-state index in [1.165, 1.54) is 5.56 Å². The highest BCUT2D eigenvalue weighted by atomic mass is 15.0. The minimum Gasteiger partial charge on any atom is -0.208 e. The summed E-state index contributed by atoms with van der Waals surface area (Å²) in [4.78, 5) is 15.4. The van der Waals surface area contributed by atoms with Crippen LogP contribution in [-0.4, -0.2) is 15.0 Å². The van der Waals surface area contributed by atoms with Gasteiger partial charge in [0.05, 0.1) is 0 Å². The maximum atomic E-state index is 5.17. The van der Waals surface area contributed by atoms with Crippen LogP contribution >= 0.6 is 0 Å². The van der Waals surface area contributed by atoms with Gasteiger partial charge in [-0.25, -0.2) is 15.0 Å². The summed E-state index contributed by atoms with van der Waals surface area (Å²) in [6.45, 7) is 0. The third-order valence-corrected chi connectivity index (χ3v) is 8.58. The van der Waals surface area contributed by atoms with Crippen molar-refractivity contribution in [2.75, 3.05) is 0 Å². The topological polar surface area (TPSA) is 38.7 Å². The second kappa shape index (κ2) is 13.1. The molecule has 0 aliphatic rings. The Morgan fingerprint density at radius 3 is 1.21 bits per heavy atom. The SMILES string of the molecule is c1ccc(-c2ccc(-c3nc(-c4cccc(-c5ccccc5)c4)nc(-c4ccccc4-c4ccccc4-c4ccccc4)n3)cc2)cc1. The molecule has 7 aromatic carbocycles. The molecule has 0 saturated carbocycles. The van der Waals surface area contributed by atoms with Crippen LogP contribution < -0.4 is 0 Å². The van der Waals surface area contributed by atoms with Gasteiger partial charge in [-0.3, -0.25) is 0 Å². The van der Waals surface area contributed by atoms with Crippen LogP contribution in [0.25, 0.3) is 78.7 Å². The van der Waals surface area contributed by atoms with E-state index in [2.05, 4.69) is 170 Å². The molecule has 0 N–H and O–H groups in total. The zero-order valence-corrected chi connectivity index (χ0v) is 26.2. The van der Waals surface area contributed by atoms with Crippen LogP contribution in [0.15, 0.2) is 188 Å². The molecule has 8 rings (SSSR count). The van der Waals surface area contributed by atoms with Crippen LogP contribution in [0.1, 0.15) is 0 Å². The second-order valence-corrected chi connectivity index (χ2v) is 11.7. The Kier molecular flexibility index (Phi) is 7.92. The van der Waals surface area contributed by atoms with Crippen LogP contribution in [0.2, 0.25) is 0 Å². The lowest BCUT2D eigenvalue weighted by atomic mass is 9.91. The van der Waals surface area contributed by atoms with E-state index in [1.54, 1.807) is 0 Å². The lowest BCUT2D eigenvalue weighted by Gasteiger charge is -2.15. The average Bonchev–Trinajstić information content (AvgIpc) is 3.19. The number of hydrogen-bond donors (Lipinski definition) is 0. The van der Waals surface area contributed by atoms with Crippen LogP contribution in [0, 0.1) is 0 Å². The van der Waals surface area contributed by atoms with Gasteiger partial charge in [-0.1, -0.05) is 182 Å². The fraction of sp³-hybridized carbons (Fsp3) is 0. The third kappa shape index (κ3) is 5.93. The Morgan fingerprint density at radius 1 is 0.208 bits per heavy atom. The van der Waals surface area contributed by atoms with E-state index in [1.807, 2.05) is 18.2 Å². The van der Waals surface area contributed by atoms with Crippen molar-refractivity contribution in [3.63, 3.8) is 0 Å². The predicted molar refractivity (Wildman–Crippen MR) is 198 cm³/mol. The molecule has 0 radical (unpaired) electrons. The van der Waals surface area contributed by atoms with Crippen LogP contribution in [0.5, 0.6) is 0 Å². The normalized spacial score (nSPS) is 10.9. The Bertz CT molecular complexity index is 2310. The zero-order valence-electron chi connectivity index (χ0n) is 26.2. The van der Waals surface area contributed by atoms with Crippen molar-refractivity contribution in [3.05, 3.63) is 188 Å². The van der Waals surface area contributed by atoms with E-state index in [4.69, 9.17) is 15.0 Å². The summed E-state index contributed by atoms with van der Waals surface area (Å²) in [6, 6.07) is 65.1. The molecule has 0 amide bonds. The first-order chi connectivity index (χ1) is 23.8. The van der Waals surface area contributed by atoms with Crippen molar-refractivity contribution in [2.45, 2.75) is 0 Å². The van der Waals surface area contributed by atoms with Gasteiger partial charge in [-0.2, -0.15) is 0 Å². The first-order valence-electron chi connectivity index (χ1n) is 16.1. The van der Waals surface area contributed by atoms with Crippen molar-refractivity contribution in [1.29, 1.82) is 0 Å². The smallest absolute Gasteiger partial charge is 0.164 e. The summed E-state index contributed by atoms with van der Waals surface area (Å²) in [6.07, 6.45) is 0. The maximum absolute atomic E-state index is 5.17. The first kappa shape index (κ1) is 29.0. The molecule has 3 heteroatoms. The van der Waals surface area contributed by atoms with Crippen molar-refractivity contribution in [3.8, 4) is 78.7 Å². The predicted octanol–water partition coefficient (Wildman–Crippen LogP) is 11.5. The summed E-state index contributed by atoms with van der Waals surface area (Å²) in [5.41, 5.74) is 11.9. The van der Waals surface area contributed by atoms with Crippen molar-refractivity contribution in [1.82, 2.24) is 15.0 Å². The molecule has 0 aliphatic heterocycles. The van der Waals surface area contributed by atoms with Gasteiger partial charge in [0.15, 0.2) is 17.5 Å². The molecule has 48 heavy (non-hydrogen) atoms. The fourth-order valence-electron chi connectivity index (χ4n) is 6.17. The molecular formula is C45H31N3. The lowest BCUT2D eigenvalue weighted by molar-refractivity contribution is 1.07. The Labute approximate surface area is 280 Å². The zero-order chi connectivity index (χ0) is 32.1. The molecular weight excluding hydrogens is 583 g/mol. The molecule has 0 atom stereocenters. The van der Waals surface area contributed by atoms with Crippen molar-refractivity contribution < 1.29 is 0 Å². The number of aromatic nitrogens is 3. The first-order valence-corrected chi connectivity index (χ1v) is 16.1. The molecule has 0 unspecified atom stereocenters. The number of hydrogen-bond acceptors (Lipinski definition) is 3. The number of rotatable bonds is 7. The van der Waals surface area contributed by atoms with Crippen molar-refractivity contribution >= 4 is 0 Å². The largest absolute Gasteiger partial charge is 0.208 e. The quantitative estimate of drug-likeness (QED) is 0.179. The Hall–Kier alpha value is -6.45. The molecule has 8 aromatic rings. The molecule has 0 fully saturated rings. The minimum absolute atomic E-state index is 0.630. The van der Waals surface area contributed by atoms with Gasteiger partial charge in [-0.15, -0.1) is 0 Å². The van der Waals surface area contributed by atoms with E-state index in [0.29, 0.717) is 17.5 Å². The maximum Gasteiger partial charge on any atom is 0.164 e. The lowest BCUT2D eigenvalue weighted by Crippen LogP contribution is -2.01. The van der Waals surface area contributed by atoms with Crippen LogP contribution in [0.3, 0.4) is 0 Å². The summed E-state index contributed by atoms with van der Waals surface area (Å²) in [7, 11) is 0. The summed E-state index contributed by atoms with van der Waals surface area (Å²) in [5, 5.41) is 0. The van der Waals surface area contributed by atoms with E-state index >= 15 is 0 Å². The van der Waals surface area contributed by atoms with Gasteiger partial charge in [0.1, 0.15) is 0 Å². The highest BCUT2D eigenvalue weighted by Crippen LogP contribution is 2.38. The van der Waals surface area contributed by atoms with Gasteiger partial charge >= 0.3 is 0 Å². The van der Waals surface area contributed by atoms with Gasteiger partial charge in [0, 0.05) is 16.7 Å². The van der Waals surface area contributed by atoms with Gasteiger partial charge in [-0.05, 0) is 50.6 Å². The molecule has 1 heterocycles. The number of benzene rings is 7. The molecule has 0 saturated heterocycles. The standard InChI is InChI=1S/C45H31N3/c1-4-15-32(16-5-1)34-27-29-36(30-28-34)43-46-44(38-22-14-21-37(31-38)33-17-6-2-7-18-33)48-45(47-43)42-26-13-12-25-41(42)40-24-11-10-23-39(40)35-19-8-3-9-20-35/h1-31H. The molecule has 1 aromatic heterocycles. The summed E-state index contributed by atoms with van der Waals surface area (Å²) in [5.74, 6) is 1.89. The van der Waals surface area contributed by atoms with Gasteiger partial charge in [0.25, 0.3) is 0 Å². The third-order valence-electron chi connectivity index (χ3n) is 8.58. The Balaban J connectivity index is 1.30. The average molecular weight is 614 g/mol. The number of nitrogens with zero attached hydrogens (tertiary/aromatic N) is 3. The minimum atomic E-state index is 0.630. The molecule has 0 aliphatic carbocycles. The second-order valence-electron chi connectivity index (χ2n) is 11.7. The van der Waals surface area contributed by atoms with E-state index in [0.717, 1.165) is 55.6 Å². The molecule has 0 spiro atoms. The summed E-state index contributed by atoms with van der Waals surface area (Å²) < 4.78 is 0. The highest BCUT2D eigenvalue weighted by Gasteiger charge is 2.18. The Morgan fingerprint density at radius 2 is 0.583 bits per heavy atom. The summed E-state index contributed by atoms with van der Waals surface area (Å²) >= 11 is 0. The molecule has 226 valence electrons. The molecule has 0 bridgehead atoms.